The number of nitrogens with zero attached hydrogens (tertiary/aromatic N) is 1. The largest absolute Gasteiger partial charge is 0.260 e. The van der Waals surface area contributed by atoms with Gasteiger partial charge >= 0.3 is 0 Å². The number of hydrogen-bond acceptors (Lipinski definition) is 1. The van der Waals surface area contributed by atoms with Crippen molar-refractivity contribution in [2.45, 2.75) is 51.9 Å². The molecular formula is C17H23N. The molecular weight excluding hydrogens is 218 g/mol. The molecule has 2 aromatic rings. The Labute approximate surface area is 110 Å². The van der Waals surface area contributed by atoms with Crippen LogP contribution in [-0.2, 0) is 0 Å². The van der Waals surface area contributed by atoms with Crippen LogP contribution < -0.4 is 0 Å². The fourth-order valence-corrected chi connectivity index (χ4v) is 2.69. The Hall–Kier alpha value is -1.37. The molecule has 0 amide bonds. The molecule has 0 saturated heterocycles. The van der Waals surface area contributed by atoms with E-state index in [1.165, 1.54) is 48.6 Å². The SMILES string of the molecule is CCCCC(CCC)c1nccc2ccccc12. The Kier molecular flexibility index (Phi) is 4.74. The van der Waals surface area contributed by atoms with E-state index in [2.05, 4.69) is 49.2 Å². The van der Waals surface area contributed by atoms with Gasteiger partial charge in [0.25, 0.3) is 0 Å². The molecule has 0 saturated carbocycles. The minimum absolute atomic E-state index is 0.626. The summed E-state index contributed by atoms with van der Waals surface area (Å²) in [5.74, 6) is 0.626. The van der Waals surface area contributed by atoms with E-state index in [9.17, 15) is 0 Å². The summed E-state index contributed by atoms with van der Waals surface area (Å²) in [4.78, 5) is 4.68. The van der Waals surface area contributed by atoms with Gasteiger partial charge in [-0.1, -0.05) is 57.4 Å². The molecule has 1 heterocycles. The first-order valence-electron chi connectivity index (χ1n) is 7.20. The highest BCUT2D eigenvalue weighted by Crippen LogP contribution is 2.30. The zero-order chi connectivity index (χ0) is 12.8. The second kappa shape index (κ2) is 6.53. The summed E-state index contributed by atoms with van der Waals surface area (Å²) in [7, 11) is 0. The lowest BCUT2D eigenvalue weighted by molar-refractivity contribution is 0.533. The molecule has 0 bridgehead atoms. The highest BCUT2D eigenvalue weighted by atomic mass is 14.7. The average Bonchev–Trinajstić information content (AvgIpc) is 2.43. The summed E-state index contributed by atoms with van der Waals surface area (Å²) in [6, 6.07) is 10.7. The second-order valence-electron chi connectivity index (χ2n) is 5.05. The molecule has 1 unspecified atom stereocenters. The Balaban J connectivity index is 2.36. The maximum Gasteiger partial charge on any atom is 0.0512 e. The predicted octanol–water partition coefficient (Wildman–Crippen LogP) is 5.31. The zero-order valence-electron chi connectivity index (χ0n) is 11.5. The van der Waals surface area contributed by atoms with E-state index in [4.69, 9.17) is 0 Å². The minimum Gasteiger partial charge on any atom is -0.260 e. The van der Waals surface area contributed by atoms with Crippen LogP contribution in [0, 0.1) is 0 Å². The van der Waals surface area contributed by atoms with E-state index in [0.717, 1.165) is 0 Å². The van der Waals surface area contributed by atoms with Crippen molar-refractivity contribution in [3.8, 4) is 0 Å². The zero-order valence-corrected chi connectivity index (χ0v) is 11.5. The number of benzene rings is 1. The second-order valence-corrected chi connectivity index (χ2v) is 5.05. The van der Waals surface area contributed by atoms with Gasteiger partial charge in [0.05, 0.1) is 5.69 Å². The standard InChI is InChI=1S/C17H23N/c1-3-5-9-15(8-4-2)17-16-11-7-6-10-14(16)12-13-18-17/h6-7,10-13,15H,3-5,8-9H2,1-2H3. The van der Waals surface area contributed by atoms with E-state index < -0.39 is 0 Å². The number of rotatable bonds is 6. The highest BCUT2D eigenvalue weighted by molar-refractivity contribution is 5.84. The molecule has 96 valence electrons. The molecule has 1 nitrogen and oxygen atoms in total. The van der Waals surface area contributed by atoms with Crippen LogP contribution in [0.4, 0.5) is 0 Å². The van der Waals surface area contributed by atoms with E-state index in [-0.39, 0.29) is 0 Å². The van der Waals surface area contributed by atoms with Crippen molar-refractivity contribution in [3.63, 3.8) is 0 Å². The van der Waals surface area contributed by atoms with Crippen molar-refractivity contribution in [3.05, 3.63) is 42.2 Å². The van der Waals surface area contributed by atoms with Crippen LogP contribution in [0.1, 0.15) is 57.6 Å². The lowest BCUT2D eigenvalue weighted by atomic mass is 9.90. The van der Waals surface area contributed by atoms with Crippen LogP contribution in [0.15, 0.2) is 36.5 Å². The van der Waals surface area contributed by atoms with Crippen LogP contribution in [0.25, 0.3) is 10.8 Å². The summed E-state index contributed by atoms with van der Waals surface area (Å²) < 4.78 is 0. The van der Waals surface area contributed by atoms with Crippen LogP contribution in [0.2, 0.25) is 0 Å². The van der Waals surface area contributed by atoms with Gasteiger partial charge in [0.1, 0.15) is 0 Å². The molecule has 0 N–H and O–H groups in total. The molecule has 0 aliphatic heterocycles. The van der Waals surface area contributed by atoms with Crippen molar-refractivity contribution in [2.24, 2.45) is 0 Å². The topological polar surface area (TPSA) is 12.9 Å². The van der Waals surface area contributed by atoms with Crippen LogP contribution in [0.3, 0.4) is 0 Å². The van der Waals surface area contributed by atoms with Crippen LogP contribution >= 0.6 is 0 Å². The van der Waals surface area contributed by atoms with Crippen molar-refractivity contribution in [1.29, 1.82) is 0 Å². The van der Waals surface area contributed by atoms with E-state index in [1.54, 1.807) is 0 Å². The predicted molar refractivity (Wildman–Crippen MR) is 78.9 cm³/mol. The van der Waals surface area contributed by atoms with Crippen LogP contribution in [-0.4, -0.2) is 4.98 Å². The van der Waals surface area contributed by atoms with Crippen molar-refractivity contribution in [1.82, 2.24) is 4.98 Å². The number of unbranched alkanes of at least 4 members (excludes halogenated alkanes) is 1. The fraction of sp³-hybridized carbons (Fsp3) is 0.471. The molecule has 0 aliphatic carbocycles. The smallest absolute Gasteiger partial charge is 0.0512 e. The molecule has 1 aromatic heterocycles. The number of aromatic nitrogens is 1. The summed E-state index contributed by atoms with van der Waals surface area (Å²) in [5.41, 5.74) is 1.31. The Morgan fingerprint density at radius 3 is 2.61 bits per heavy atom. The number of hydrogen-bond donors (Lipinski definition) is 0. The van der Waals surface area contributed by atoms with Crippen LogP contribution in [0.5, 0.6) is 0 Å². The van der Waals surface area contributed by atoms with Crippen molar-refractivity contribution < 1.29 is 0 Å². The first-order valence-corrected chi connectivity index (χ1v) is 7.20. The fourth-order valence-electron chi connectivity index (χ4n) is 2.69. The molecule has 0 radical (unpaired) electrons. The van der Waals surface area contributed by atoms with Gasteiger partial charge in [-0.2, -0.15) is 0 Å². The Morgan fingerprint density at radius 1 is 1.00 bits per heavy atom. The Bertz CT molecular complexity index is 484. The van der Waals surface area contributed by atoms with E-state index in [0.29, 0.717) is 5.92 Å². The molecule has 2 rings (SSSR count). The van der Waals surface area contributed by atoms with Gasteiger partial charge in [-0.15, -0.1) is 0 Å². The number of fused-ring (bicyclic) bond motifs is 1. The first-order chi connectivity index (χ1) is 8.86. The van der Waals surface area contributed by atoms with Gasteiger partial charge < -0.3 is 0 Å². The molecule has 1 atom stereocenters. The summed E-state index contributed by atoms with van der Waals surface area (Å²) >= 11 is 0. The van der Waals surface area contributed by atoms with E-state index >= 15 is 0 Å². The molecule has 0 aliphatic rings. The van der Waals surface area contributed by atoms with E-state index in [1.807, 2.05) is 6.20 Å². The van der Waals surface area contributed by atoms with Crippen molar-refractivity contribution >= 4 is 10.8 Å². The third kappa shape index (κ3) is 2.90. The number of pyridine rings is 1. The molecule has 0 spiro atoms. The van der Waals surface area contributed by atoms with Gasteiger partial charge in [-0.25, -0.2) is 0 Å². The first kappa shape index (κ1) is 13.1. The van der Waals surface area contributed by atoms with Gasteiger partial charge in [-0.3, -0.25) is 4.98 Å². The minimum atomic E-state index is 0.626. The normalized spacial score (nSPS) is 12.8. The lowest BCUT2D eigenvalue weighted by Crippen LogP contribution is -2.02. The van der Waals surface area contributed by atoms with Gasteiger partial charge in [0, 0.05) is 17.5 Å². The third-order valence-electron chi connectivity index (χ3n) is 3.63. The maximum atomic E-state index is 4.68. The molecule has 1 heteroatoms. The van der Waals surface area contributed by atoms with Gasteiger partial charge in [0.15, 0.2) is 0 Å². The van der Waals surface area contributed by atoms with Gasteiger partial charge in [-0.05, 0) is 24.3 Å². The Morgan fingerprint density at radius 2 is 1.83 bits per heavy atom. The maximum absolute atomic E-state index is 4.68. The molecule has 1 aromatic carbocycles. The third-order valence-corrected chi connectivity index (χ3v) is 3.63. The molecule has 0 fully saturated rings. The summed E-state index contributed by atoms with van der Waals surface area (Å²) in [6.07, 6.45) is 8.29. The lowest BCUT2D eigenvalue weighted by Gasteiger charge is -2.17. The summed E-state index contributed by atoms with van der Waals surface area (Å²) in [6.45, 7) is 4.53. The monoisotopic (exact) mass is 241 g/mol. The summed E-state index contributed by atoms with van der Waals surface area (Å²) in [5, 5.41) is 2.66. The highest BCUT2D eigenvalue weighted by Gasteiger charge is 2.14. The average molecular weight is 241 g/mol. The molecule has 18 heavy (non-hydrogen) atoms. The van der Waals surface area contributed by atoms with Crippen molar-refractivity contribution in [2.75, 3.05) is 0 Å². The van der Waals surface area contributed by atoms with Gasteiger partial charge in [0.2, 0.25) is 0 Å². The quantitative estimate of drug-likeness (QED) is 0.668.